The third-order valence-electron chi connectivity index (χ3n) is 2.98. The third-order valence-corrected chi connectivity index (χ3v) is 2.98. The van der Waals surface area contributed by atoms with Crippen LogP contribution in [0.3, 0.4) is 0 Å². The fourth-order valence-corrected chi connectivity index (χ4v) is 2.14. The van der Waals surface area contributed by atoms with Gasteiger partial charge in [0, 0.05) is 18.6 Å². The van der Waals surface area contributed by atoms with Gasteiger partial charge in [0.1, 0.15) is 0 Å². The molecule has 0 spiro atoms. The van der Waals surface area contributed by atoms with Crippen molar-refractivity contribution in [2.24, 2.45) is 0 Å². The normalized spacial score (nSPS) is 27.9. The topological polar surface area (TPSA) is 61.8 Å². The molecule has 1 saturated heterocycles. The summed E-state index contributed by atoms with van der Waals surface area (Å²) in [6, 6.07) is -0.204. The summed E-state index contributed by atoms with van der Waals surface area (Å²) < 4.78 is 5.57. The molecule has 106 valence electrons. The van der Waals surface area contributed by atoms with Gasteiger partial charge in [0.25, 0.3) is 0 Å². The van der Waals surface area contributed by atoms with Crippen LogP contribution < -0.4 is 5.32 Å². The number of morpholine rings is 1. The van der Waals surface area contributed by atoms with Crippen molar-refractivity contribution < 1.29 is 14.6 Å². The van der Waals surface area contributed by atoms with E-state index in [2.05, 4.69) is 10.2 Å². The van der Waals surface area contributed by atoms with E-state index in [0.717, 1.165) is 6.54 Å². The van der Waals surface area contributed by atoms with Crippen molar-refractivity contribution in [3.05, 3.63) is 0 Å². The molecule has 0 aromatic heterocycles. The van der Waals surface area contributed by atoms with E-state index in [4.69, 9.17) is 4.74 Å². The lowest BCUT2D eigenvalue weighted by atomic mass is 10.1. The zero-order chi connectivity index (χ0) is 13.9. The monoisotopic (exact) mass is 258 g/mol. The highest BCUT2D eigenvalue weighted by atomic mass is 16.5. The minimum Gasteiger partial charge on any atom is -0.394 e. The summed E-state index contributed by atoms with van der Waals surface area (Å²) in [5.41, 5.74) is -0.223. The molecule has 1 amide bonds. The molecule has 5 nitrogen and oxygen atoms in total. The molecule has 0 bridgehead atoms. The van der Waals surface area contributed by atoms with Crippen LogP contribution >= 0.6 is 0 Å². The molecule has 0 radical (unpaired) electrons. The van der Waals surface area contributed by atoms with E-state index in [1.807, 2.05) is 34.6 Å². The van der Waals surface area contributed by atoms with Gasteiger partial charge in [-0.05, 0) is 34.6 Å². The predicted molar refractivity (Wildman–Crippen MR) is 70.4 cm³/mol. The molecule has 1 aliphatic rings. The number of hydrogen-bond donors (Lipinski definition) is 2. The van der Waals surface area contributed by atoms with E-state index < -0.39 is 0 Å². The Morgan fingerprint density at radius 1 is 1.50 bits per heavy atom. The quantitative estimate of drug-likeness (QED) is 0.768. The summed E-state index contributed by atoms with van der Waals surface area (Å²) in [5, 5.41) is 12.2. The van der Waals surface area contributed by atoms with Crippen LogP contribution in [0.4, 0.5) is 0 Å². The number of amides is 1. The number of nitrogens with one attached hydrogen (secondary N) is 1. The van der Waals surface area contributed by atoms with Crippen molar-refractivity contribution in [2.45, 2.75) is 58.4 Å². The predicted octanol–water partition coefficient (Wildman–Crippen LogP) is 0.371. The van der Waals surface area contributed by atoms with E-state index in [1.54, 1.807) is 0 Å². The van der Waals surface area contributed by atoms with Gasteiger partial charge in [0.2, 0.25) is 5.91 Å². The second-order valence-corrected chi connectivity index (χ2v) is 6.12. The van der Waals surface area contributed by atoms with Crippen molar-refractivity contribution in [1.29, 1.82) is 0 Å². The minimum atomic E-state index is -0.223. The van der Waals surface area contributed by atoms with Gasteiger partial charge in [-0.3, -0.25) is 9.69 Å². The Morgan fingerprint density at radius 2 is 2.11 bits per heavy atom. The first-order valence-electron chi connectivity index (χ1n) is 6.55. The van der Waals surface area contributed by atoms with Crippen LogP contribution in [0.2, 0.25) is 0 Å². The lowest BCUT2D eigenvalue weighted by molar-refractivity contribution is -0.136. The fourth-order valence-electron chi connectivity index (χ4n) is 2.14. The number of carbonyl (C=O) groups excluding carboxylic acids is 1. The summed E-state index contributed by atoms with van der Waals surface area (Å²) in [6.07, 6.45) is -0.153. The Bertz CT molecular complexity index is 288. The standard InChI is InChI=1S/C13H26N2O3/c1-9-6-15(7-11(8-16)18-9)10(2)12(17)14-13(3,4)5/h9-11,16H,6-8H2,1-5H3,(H,14,17). The van der Waals surface area contributed by atoms with Gasteiger partial charge in [0.15, 0.2) is 0 Å². The molecule has 0 aromatic carbocycles. The number of aliphatic hydroxyl groups excluding tert-OH is 1. The van der Waals surface area contributed by atoms with Crippen LogP contribution in [0.1, 0.15) is 34.6 Å². The fraction of sp³-hybridized carbons (Fsp3) is 0.923. The molecule has 18 heavy (non-hydrogen) atoms. The zero-order valence-corrected chi connectivity index (χ0v) is 12.1. The highest BCUT2D eigenvalue weighted by Crippen LogP contribution is 2.14. The smallest absolute Gasteiger partial charge is 0.237 e. The molecule has 0 aliphatic carbocycles. The first-order valence-corrected chi connectivity index (χ1v) is 6.55. The van der Waals surface area contributed by atoms with E-state index >= 15 is 0 Å². The van der Waals surface area contributed by atoms with E-state index in [0.29, 0.717) is 6.54 Å². The molecule has 1 rings (SSSR count). The van der Waals surface area contributed by atoms with E-state index in [1.165, 1.54) is 0 Å². The molecular weight excluding hydrogens is 232 g/mol. The second-order valence-electron chi connectivity index (χ2n) is 6.12. The lowest BCUT2D eigenvalue weighted by Crippen LogP contribution is -2.57. The maximum absolute atomic E-state index is 12.1. The van der Waals surface area contributed by atoms with Crippen LogP contribution in [-0.4, -0.2) is 59.4 Å². The average Bonchev–Trinajstić information content (AvgIpc) is 2.24. The van der Waals surface area contributed by atoms with Gasteiger partial charge < -0.3 is 15.2 Å². The summed E-state index contributed by atoms with van der Waals surface area (Å²) in [6.45, 7) is 11.1. The molecule has 2 N–H and O–H groups in total. The molecule has 0 saturated carbocycles. The maximum atomic E-state index is 12.1. The third kappa shape index (κ3) is 4.55. The summed E-state index contributed by atoms with van der Waals surface area (Å²) in [7, 11) is 0. The Labute approximate surface area is 109 Å². The maximum Gasteiger partial charge on any atom is 0.237 e. The summed E-state index contributed by atoms with van der Waals surface area (Å²) in [4.78, 5) is 14.2. The first-order chi connectivity index (χ1) is 8.23. The Morgan fingerprint density at radius 3 is 2.61 bits per heavy atom. The largest absolute Gasteiger partial charge is 0.394 e. The molecular formula is C13H26N2O3. The molecule has 3 unspecified atom stereocenters. The highest BCUT2D eigenvalue weighted by Gasteiger charge is 2.31. The van der Waals surface area contributed by atoms with Gasteiger partial charge in [-0.25, -0.2) is 0 Å². The molecule has 0 aromatic rings. The van der Waals surface area contributed by atoms with Crippen LogP contribution in [-0.2, 0) is 9.53 Å². The number of aliphatic hydroxyl groups is 1. The number of nitrogens with zero attached hydrogens (tertiary/aromatic N) is 1. The van der Waals surface area contributed by atoms with Gasteiger partial charge in [-0.15, -0.1) is 0 Å². The summed E-state index contributed by atoms with van der Waals surface area (Å²) in [5.74, 6) is 0.0216. The molecule has 1 fully saturated rings. The molecule has 5 heteroatoms. The second kappa shape index (κ2) is 5.99. The van der Waals surface area contributed by atoms with Crippen LogP contribution in [0.25, 0.3) is 0 Å². The molecule has 3 atom stereocenters. The Kier molecular flexibility index (Phi) is 5.13. The Balaban J connectivity index is 2.59. The van der Waals surface area contributed by atoms with Crippen LogP contribution in [0.15, 0.2) is 0 Å². The van der Waals surface area contributed by atoms with Crippen molar-refractivity contribution in [2.75, 3.05) is 19.7 Å². The zero-order valence-electron chi connectivity index (χ0n) is 12.1. The minimum absolute atomic E-state index is 0.00551. The first kappa shape index (κ1) is 15.4. The summed E-state index contributed by atoms with van der Waals surface area (Å²) >= 11 is 0. The number of carbonyl (C=O) groups is 1. The van der Waals surface area contributed by atoms with Gasteiger partial charge in [-0.1, -0.05) is 0 Å². The van der Waals surface area contributed by atoms with Gasteiger partial charge >= 0.3 is 0 Å². The lowest BCUT2D eigenvalue weighted by Gasteiger charge is -2.39. The van der Waals surface area contributed by atoms with Crippen molar-refractivity contribution in [3.63, 3.8) is 0 Å². The number of ether oxygens (including phenoxy) is 1. The molecule has 1 aliphatic heterocycles. The van der Waals surface area contributed by atoms with Gasteiger partial charge in [0.05, 0.1) is 24.9 Å². The van der Waals surface area contributed by atoms with Crippen LogP contribution in [0.5, 0.6) is 0 Å². The van der Waals surface area contributed by atoms with Gasteiger partial charge in [-0.2, -0.15) is 0 Å². The van der Waals surface area contributed by atoms with Crippen molar-refractivity contribution in [1.82, 2.24) is 10.2 Å². The Hall–Kier alpha value is -0.650. The van der Waals surface area contributed by atoms with E-state index in [9.17, 15) is 9.90 Å². The van der Waals surface area contributed by atoms with Crippen molar-refractivity contribution >= 4 is 5.91 Å². The van der Waals surface area contributed by atoms with Crippen molar-refractivity contribution in [3.8, 4) is 0 Å². The van der Waals surface area contributed by atoms with Crippen LogP contribution in [0, 0.1) is 0 Å². The highest BCUT2D eigenvalue weighted by molar-refractivity contribution is 5.81. The number of hydrogen-bond acceptors (Lipinski definition) is 4. The number of rotatable bonds is 3. The van der Waals surface area contributed by atoms with E-state index in [-0.39, 0.29) is 36.3 Å². The molecule has 1 heterocycles. The average molecular weight is 258 g/mol. The SMILES string of the molecule is CC1CN(C(C)C(=O)NC(C)(C)C)CC(CO)O1.